The molecule has 1 N–H and O–H groups in total. The van der Waals surface area contributed by atoms with Crippen LogP contribution >= 0.6 is 0 Å². The number of hydrogen-bond acceptors (Lipinski definition) is 3. The molecule has 0 aromatic carbocycles. The molecular weight excluding hydrogens is 204 g/mol. The summed E-state index contributed by atoms with van der Waals surface area (Å²) in [5.41, 5.74) is 2.50. The van der Waals surface area contributed by atoms with Crippen molar-refractivity contribution in [2.75, 3.05) is 18.5 Å². The van der Waals surface area contributed by atoms with E-state index in [1.165, 1.54) is 0 Å². The summed E-state index contributed by atoms with van der Waals surface area (Å²) >= 11 is 0. The Balaban J connectivity index is 2.53. The van der Waals surface area contributed by atoms with Crippen molar-refractivity contribution in [3.05, 3.63) is 22.9 Å². The first-order valence-electron chi connectivity index (χ1n) is 5.60. The van der Waals surface area contributed by atoms with E-state index in [0.29, 0.717) is 11.4 Å². The van der Waals surface area contributed by atoms with E-state index in [4.69, 9.17) is 0 Å². The highest BCUT2D eigenvalue weighted by molar-refractivity contribution is 5.93. The molecule has 1 heterocycles. The van der Waals surface area contributed by atoms with E-state index in [-0.39, 0.29) is 0 Å². The van der Waals surface area contributed by atoms with Crippen LogP contribution in [0.1, 0.15) is 35.0 Å². The standard InChI is InChI=1S/C12H16N2O2/c1-3-14(2)11-9(12(15)16)7-8-5-4-6-10(8)13-11/h7H,3-6H2,1-2H3,(H,15,16). The Morgan fingerprint density at radius 2 is 2.31 bits per heavy atom. The predicted octanol–water partition coefficient (Wildman–Crippen LogP) is 1.72. The van der Waals surface area contributed by atoms with Crippen molar-refractivity contribution >= 4 is 11.8 Å². The van der Waals surface area contributed by atoms with Gasteiger partial charge in [-0.25, -0.2) is 9.78 Å². The average Bonchev–Trinajstić information content (AvgIpc) is 2.73. The van der Waals surface area contributed by atoms with Gasteiger partial charge >= 0.3 is 5.97 Å². The Bertz CT molecular complexity index is 429. The molecule has 0 bridgehead atoms. The number of aromatic nitrogens is 1. The van der Waals surface area contributed by atoms with Gasteiger partial charge in [-0.1, -0.05) is 0 Å². The van der Waals surface area contributed by atoms with Crippen LogP contribution in [0, 0.1) is 0 Å². The third kappa shape index (κ3) is 1.75. The molecule has 4 nitrogen and oxygen atoms in total. The van der Waals surface area contributed by atoms with Gasteiger partial charge in [0, 0.05) is 19.3 Å². The Hall–Kier alpha value is -1.58. The van der Waals surface area contributed by atoms with E-state index in [9.17, 15) is 9.90 Å². The van der Waals surface area contributed by atoms with Crippen molar-refractivity contribution in [3.63, 3.8) is 0 Å². The zero-order valence-corrected chi connectivity index (χ0v) is 9.66. The molecule has 1 aliphatic rings. The Kier molecular flexibility index (Phi) is 2.81. The zero-order chi connectivity index (χ0) is 11.7. The number of fused-ring (bicyclic) bond motifs is 1. The molecular formula is C12H16N2O2. The minimum absolute atomic E-state index is 0.324. The smallest absolute Gasteiger partial charge is 0.339 e. The summed E-state index contributed by atoms with van der Waals surface area (Å²) < 4.78 is 0. The van der Waals surface area contributed by atoms with Gasteiger partial charge in [-0.3, -0.25) is 0 Å². The summed E-state index contributed by atoms with van der Waals surface area (Å²) in [5.74, 6) is -0.298. The first-order chi connectivity index (χ1) is 7.63. The van der Waals surface area contributed by atoms with E-state index < -0.39 is 5.97 Å². The van der Waals surface area contributed by atoms with Crippen molar-refractivity contribution in [3.8, 4) is 0 Å². The van der Waals surface area contributed by atoms with E-state index in [1.54, 1.807) is 6.07 Å². The second-order valence-electron chi connectivity index (χ2n) is 4.14. The lowest BCUT2D eigenvalue weighted by molar-refractivity contribution is 0.0697. The molecule has 0 radical (unpaired) electrons. The second kappa shape index (κ2) is 4.12. The van der Waals surface area contributed by atoms with Crippen molar-refractivity contribution in [1.29, 1.82) is 0 Å². The van der Waals surface area contributed by atoms with Gasteiger partial charge in [-0.15, -0.1) is 0 Å². The normalized spacial score (nSPS) is 13.6. The Morgan fingerprint density at radius 3 is 2.94 bits per heavy atom. The summed E-state index contributed by atoms with van der Waals surface area (Å²) in [7, 11) is 1.87. The van der Waals surface area contributed by atoms with Gasteiger partial charge in [0.1, 0.15) is 11.4 Å². The molecule has 0 saturated heterocycles. The maximum absolute atomic E-state index is 11.2. The molecule has 1 aromatic heterocycles. The van der Waals surface area contributed by atoms with Gasteiger partial charge in [0.25, 0.3) is 0 Å². The fraction of sp³-hybridized carbons (Fsp3) is 0.500. The molecule has 0 saturated carbocycles. The Morgan fingerprint density at radius 1 is 1.56 bits per heavy atom. The van der Waals surface area contributed by atoms with Crippen LogP contribution in [0.3, 0.4) is 0 Å². The number of carbonyl (C=O) groups is 1. The molecule has 0 unspecified atom stereocenters. The number of carboxylic acid groups (broad SMARTS) is 1. The number of aryl methyl sites for hydroxylation is 2. The summed E-state index contributed by atoms with van der Waals surface area (Å²) in [6.45, 7) is 2.74. The number of rotatable bonds is 3. The maximum Gasteiger partial charge on any atom is 0.339 e. The third-order valence-electron chi connectivity index (χ3n) is 3.10. The van der Waals surface area contributed by atoms with Crippen LogP contribution < -0.4 is 4.90 Å². The molecule has 4 heteroatoms. The number of aromatic carboxylic acids is 1. The lowest BCUT2D eigenvalue weighted by Gasteiger charge is -2.19. The number of nitrogens with zero attached hydrogens (tertiary/aromatic N) is 2. The van der Waals surface area contributed by atoms with Crippen molar-refractivity contribution < 1.29 is 9.90 Å². The fourth-order valence-electron chi connectivity index (χ4n) is 2.06. The lowest BCUT2D eigenvalue weighted by atomic mass is 10.1. The van der Waals surface area contributed by atoms with Crippen LogP contribution in [-0.2, 0) is 12.8 Å². The van der Waals surface area contributed by atoms with Crippen LogP contribution in [0.4, 0.5) is 5.82 Å². The topological polar surface area (TPSA) is 53.4 Å². The Labute approximate surface area is 94.9 Å². The van der Waals surface area contributed by atoms with E-state index in [0.717, 1.165) is 37.1 Å². The monoisotopic (exact) mass is 220 g/mol. The summed E-state index contributed by atoms with van der Waals surface area (Å²) in [5, 5.41) is 9.17. The van der Waals surface area contributed by atoms with E-state index in [2.05, 4.69) is 4.98 Å². The first-order valence-corrected chi connectivity index (χ1v) is 5.60. The second-order valence-corrected chi connectivity index (χ2v) is 4.14. The van der Waals surface area contributed by atoms with Gasteiger partial charge < -0.3 is 10.0 Å². The molecule has 1 aliphatic carbocycles. The summed E-state index contributed by atoms with van der Waals surface area (Å²) in [4.78, 5) is 17.5. The fourth-order valence-corrected chi connectivity index (χ4v) is 2.06. The van der Waals surface area contributed by atoms with Crippen LogP contribution in [0.15, 0.2) is 6.07 Å². The molecule has 16 heavy (non-hydrogen) atoms. The minimum Gasteiger partial charge on any atom is -0.478 e. The maximum atomic E-state index is 11.2. The van der Waals surface area contributed by atoms with E-state index in [1.807, 2.05) is 18.9 Å². The highest BCUT2D eigenvalue weighted by Gasteiger charge is 2.21. The molecule has 0 fully saturated rings. The van der Waals surface area contributed by atoms with Crippen LogP contribution in [0.25, 0.3) is 0 Å². The predicted molar refractivity (Wildman–Crippen MR) is 62.2 cm³/mol. The molecule has 0 spiro atoms. The number of pyridine rings is 1. The quantitative estimate of drug-likeness (QED) is 0.842. The molecule has 1 aromatic rings. The van der Waals surface area contributed by atoms with Gasteiger partial charge in [-0.05, 0) is 37.8 Å². The van der Waals surface area contributed by atoms with Gasteiger partial charge in [0.15, 0.2) is 0 Å². The van der Waals surface area contributed by atoms with Gasteiger partial charge in [0.2, 0.25) is 0 Å². The molecule has 0 amide bonds. The van der Waals surface area contributed by atoms with Crippen LogP contribution in [-0.4, -0.2) is 29.7 Å². The molecule has 2 rings (SSSR count). The van der Waals surface area contributed by atoms with Crippen LogP contribution in [0.2, 0.25) is 0 Å². The van der Waals surface area contributed by atoms with E-state index >= 15 is 0 Å². The summed E-state index contributed by atoms with van der Waals surface area (Å²) in [6.07, 6.45) is 3.01. The third-order valence-corrected chi connectivity index (χ3v) is 3.10. The average molecular weight is 220 g/mol. The van der Waals surface area contributed by atoms with Crippen molar-refractivity contribution in [2.24, 2.45) is 0 Å². The largest absolute Gasteiger partial charge is 0.478 e. The lowest BCUT2D eigenvalue weighted by Crippen LogP contribution is -2.21. The van der Waals surface area contributed by atoms with Gasteiger partial charge in [-0.2, -0.15) is 0 Å². The van der Waals surface area contributed by atoms with Crippen molar-refractivity contribution in [2.45, 2.75) is 26.2 Å². The number of anilines is 1. The summed E-state index contributed by atoms with van der Waals surface area (Å²) in [6, 6.07) is 1.79. The number of hydrogen-bond donors (Lipinski definition) is 1. The molecule has 0 atom stereocenters. The molecule has 86 valence electrons. The number of carboxylic acids is 1. The first kappa shape index (κ1) is 10.9. The van der Waals surface area contributed by atoms with Gasteiger partial charge in [0.05, 0.1) is 0 Å². The zero-order valence-electron chi connectivity index (χ0n) is 9.66. The minimum atomic E-state index is -0.891. The highest BCUT2D eigenvalue weighted by atomic mass is 16.4. The van der Waals surface area contributed by atoms with Crippen LogP contribution in [0.5, 0.6) is 0 Å². The highest BCUT2D eigenvalue weighted by Crippen LogP contribution is 2.26. The molecule has 0 aliphatic heterocycles. The van der Waals surface area contributed by atoms with Crippen molar-refractivity contribution in [1.82, 2.24) is 4.98 Å². The SMILES string of the molecule is CCN(C)c1nc2c(cc1C(=O)O)CCC2.